The molecule has 0 radical (unpaired) electrons. The molecule has 1 N–H and O–H groups in total. The SMILES string of the molecule is CCCN(C)C.Cc1ccc(C2COC(=O)C2C(=O)N2CCN(c3ccc(C(F)(F)F)cc3C(CC(C)C)NC=O)CC2)cc1. The van der Waals surface area contributed by atoms with Crippen molar-refractivity contribution in [2.45, 2.75) is 58.7 Å². The molecule has 0 spiro atoms. The van der Waals surface area contributed by atoms with Crippen molar-refractivity contribution in [3.63, 3.8) is 0 Å². The highest BCUT2D eigenvalue weighted by Crippen LogP contribution is 2.38. The third-order valence-electron chi connectivity index (χ3n) is 8.14. The molecule has 8 nitrogen and oxygen atoms in total. The van der Waals surface area contributed by atoms with E-state index >= 15 is 0 Å². The number of halogens is 3. The molecule has 2 amide bonds. The number of benzene rings is 2. The van der Waals surface area contributed by atoms with Gasteiger partial charge < -0.3 is 24.8 Å². The van der Waals surface area contributed by atoms with Crippen LogP contribution in [0.25, 0.3) is 0 Å². The third-order valence-corrected chi connectivity index (χ3v) is 8.14. The van der Waals surface area contributed by atoms with Crippen LogP contribution in [0.5, 0.6) is 0 Å². The number of ether oxygens (including phenoxy) is 1. The maximum atomic E-state index is 13.6. The highest BCUT2D eigenvalue weighted by molar-refractivity contribution is 6.00. The van der Waals surface area contributed by atoms with Crippen LogP contribution in [-0.2, 0) is 25.3 Å². The third kappa shape index (κ3) is 9.69. The predicted octanol–water partition coefficient (Wildman–Crippen LogP) is 5.41. The second-order valence-electron chi connectivity index (χ2n) is 12.5. The first-order valence-corrected chi connectivity index (χ1v) is 15.6. The number of rotatable bonds is 10. The van der Waals surface area contributed by atoms with Crippen molar-refractivity contribution < 1.29 is 32.3 Å². The molecule has 2 aliphatic rings. The van der Waals surface area contributed by atoms with Crippen molar-refractivity contribution in [3.8, 4) is 0 Å². The molecule has 2 aromatic rings. The Morgan fingerprint density at radius 3 is 2.24 bits per heavy atom. The van der Waals surface area contributed by atoms with Crippen LogP contribution in [0.15, 0.2) is 42.5 Å². The lowest BCUT2D eigenvalue weighted by Crippen LogP contribution is -2.52. The van der Waals surface area contributed by atoms with Gasteiger partial charge in [0.25, 0.3) is 0 Å². The van der Waals surface area contributed by atoms with E-state index in [2.05, 4.69) is 31.2 Å². The Labute approximate surface area is 264 Å². The molecule has 2 aliphatic heterocycles. The molecule has 3 atom stereocenters. The number of amides is 2. The molecule has 0 aliphatic carbocycles. The lowest BCUT2D eigenvalue weighted by Gasteiger charge is -2.39. The molecule has 248 valence electrons. The molecule has 45 heavy (non-hydrogen) atoms. The van der Waals surface area contributed by atoms with Gasteiger partial charge in [-0.25, -0.2) is 0 Å². The van der Waals surface area contributed by atoms with Gasteiger partial charge in [0.2, 0.25) is 12.3 Å². The smallest absolute Gasteiger partial charge is 0.416 e. The van der Waals surface area contributed by atoms with Crippen LogP contribution in [0.2, 0.25) is 0 Å². The van der Waals surface area contributed by atoms with Gasteiger partial charge in [-0.2, -0.15) is 13.2 Å². The van der Waals surface area contributed by atoms with Crippen molar-refractivity contribution in [1.82, 2.24) is 15.1 Å². The van der Waals surface area contributed by atoms with Gasteiger partial charge in [0.1, 0.15) is 5.92 Å². The number of anilines is 1. The van der Waals surface area contributed by atoms with Crippen molar-refractivity contribution in [2.24, 2.45) is 11.8 Å². The second kappa shape index (κ2) is 16.1. The molecule has 2 aromatic carbocycles. The minimum atomic E-state index is -4.52. The van der Waals surface area contributed by atoms with Gasteiger partial charge in [0.15, 0.2) is 0 Å². The number of alkyl halides is 3. The van der Waals surface area contributed by atoms with Crippen molar-refractivity contribution in [3.05, 3.63) is 64.7 Å². The Balaban J connectivity index is 0.000000838. The normalized spacial score (nSPS) is 19.2. The van der Waals surface area contributed by atoms with E-state index in [1.807, 2.05) is 49.9 Å². The fraction of sp³-hybridized carbons (Fsp3) is 0.559. The number of hydrogen-bond acceptors (Lipinski definition) is 6. The summed E-state index contributed by atoms with van der Waals surface area (Å²) in [6.07, 6.45) is -2.28. The predicted molar refractivity (Wildman–Crippen MR) is 169 cm³/mol. The maximum Gasteiger partial charge on any atom is 0.416 e. The quantitative estimate of drug-likeness (QED) is 0.214. The highest BCUT2D eigenvalue weighted by atomic mass is 19.4. The Kier molecular flexibility index (Phi) is 12.8. The van der Waals surface area contributed by atoms with Crippen LogP contribution in [0.3, 0.4) is 0 Å². The number of nitrogens with one attached hydrogen (secondary N) is 1. The van der Waals surface area contributed by atoms with E-state index in [0.717, 1.165) is 23.3 Å². The van der Waals surface area contributed by atoms with Crippen LogP contribution in [-0.4, -0.2) is 81.5 Å². The van der Waals surface area contributed by atoms with Gasteiger partial charge in [-0.3, -0.25) is 14.4 Å². The van der Waals surface area contributed by atoms with Crippen LogP contribution in [0.4, 0.5) is 18.9 Å². The molecule has 2 saturated heterocycles. The Morgan fingerprint density at radius 2 is 1.73 bits per heavy atom. The zero-order chi connectivity index (χ0) is 33.3. The number of hydrogen-bond donors (Lipinski definition) is 1. The molecule has 0 saturated carbocycles. The van der Waals surface area contributed by atoms with E-state index in [4.69, 9.17) is 4.74 Å². The monoisotopic (exact) mass is 632 g/mol. The summed E-state index contributed by atoms with van der Waals surface area (Å²) in [6.45, 7) is 10.7. The summed E-state index contributed by atoms with van der Waals surface area (Å²) in [4.78, 5) is 43.1. The average Bonchev–Trinajstić information content (AvgIpc) is 3.37. The molecule has 0 bridgehead atoms. The van der Waals surface area contributed by atoms with Gasteiger partial charge >= 0.3 is 12.1 Å². The topological polar surface area (TPSA) is 82.2 Å². The molecule has 2 fully saturated rings. The van der Waals surface area contributed by atoms with E-state index < -0.39 is 29.7 Å². The molecule has 0 aromatic heterocycles. The van der Waals surface area contributed by atoms with Gasteiger partial charge in [-0.05, 0) is 75.6 Å². The average molecular weight is 633 g/mol. The summed E-state index contributed by atoms with van der Waals surface area (Å²) in [6, 6.07) is 10.7. The first-order valence-electron chi connectivity index (χ1n) is 15.6. The van der Waals surface area contributed by atoms with E-state index in [9.17, 15) is 27.6 Å². The van der Waals surface area contributed by atoms with Crippen molar-refractivity contribution in [1.29, 1.82) is 0 Å². The fourth-order valence-corrected chi connectivity index (χ4v) is 5.85. The first-order chi connectivity index (χ1) is 21.3. The van der Waals surface area contributed by atoms with E-state index in [1.54, 1.807) is 4.90 Å². The molecule has 11 heteroatoms. The summed E-state index contributed by atoms with van der Waals surface area (Å²) in [7, 11) is 4.17. The van der Waals surface area contributed by atoms with Crippen LogP contribution in [0, 0.1) is 18.8 Å². The summed E-state index contributed by atoms with van der Waals surface area (Å²) in [5.41, 5.74) is 2.15. The Bertz CT molecular complexity index is 1280. The number of cyclic esters (lactones) is 1. The second-order valence-corrected chi connectivity index (χ2v) is 12.5. The van der Waals surface area contributed by atoms with Gasteiger partial charge in [0, 0.05) is 37.8 Å². The number of nitrogens with zero attached hydrogens (tertiary/aromatic N) is 3. The van der Waals surface area contributed by atoms with Crippen LogP contribution < -0.4 is 10.2 Å². The minimum absolute atomic E-state index is 0.131. The lowest BCUT2D eigenvalue weighted by atomic mass is 9.87. The number of piperazine rings is 1. The summed E-state index contributed by atoms with van der Waals surface area (Å²) in [5.74, 6) is -1.98. The van der Waals surface area contributed by atoms with E-state index in [-0.39, 0.29) is 24.3 Å². The summed E-state index contributed by atoms with van der Waals surface area (Å²) >= 11 is 0. The zero-order valence-electron chi connectivity index (χ0n) is 27.2. The summed E-state index contributed by atoms with van der Waals surface area (Å²) in [5, 5.41) is 2.69. The number of carbonyl (C=O) groups is 3. The number of carbonyl (C=O) groups excluding carboxylic acids is 3. The highest BCUT2D eigenvalue weighted by Gasteiger charge is 2.45. The number of esters is 1. The van der Waals surface area contributed by atoms with E-state index in [0.29, 0.717) is 50.3 Å². The number of aryl methyl sites for hydroxylation is 1. The molecular formula is C34H47F3N4O4. The lowest BCUT2D eigenvalue weighted by molar-refractivity contribution is -0.149. The largest absolute Gasteiger partial charge is 0.464 e. The Hall–Kier alpha value is -3.60. The maximum absolute atomic E-state index is 13.6. The Morgan fingerprint density at radius 1 is 1.09 bits per heavy atom. The van der Waals surface area contributed by atoms with Gasteiger partial charge in [-0.1, -0.05) is 50.6 Å². The van der Waals surface area contributed by atoms with Crippen LogP contribution in [0.1, 0.15) is 67.8 Å². The molecule has 2 heterocycles. The molecule has 3 unspecified atom stereocenters. The fourth-order valence-electron chi connectivity index (χ4n) is 5.85. The van der Waals surface area contributed by atoms with Gasteiger partial charge in [0.05, 0.1) is 18.2 Å². The first kappa shape index (κ1) is 35.9. The van der Waals surface area contributed by atoms with Gasteiger partial charge in [-0.15, -0.1) is 0 Å². The summed E-state index contributed by atoms with van der Waals surface area (Å²) < 4.78 is 46.0. The zero-order valence-corrected chi connectivity index (χ0v) is 27.2. The van der Waals surface area contributed by atoms with Crippen molar-refractivity contribution in [2.75, 3.05) is 58.3 Å². The van der Waals surface area contributed by atoms with Crippen LogP contribution >= 0.6 is 0 Å². The van der Waals surface area contributed by atoms with E-state index in [1.165, 1.54) is 19.0 Å². The standard InChI is InChI=1S/C29H34F3N3O4.C5H13N/c1-18(2)14-24(33-17-36)22-15-21(29(30,31)32)8-9-25(22)34-10-12-35(13-11-34)27(37)26-23(16-39-28(26)38)20-6-4-19(3)5-7-20;1-4-5-6(2)3/h4-9,15,17-18,23-24,26H,10-14,16H2,1-3H3,(H,33,36);4-5H2,1-3H3. The minimum Gasteiger partial charge on any atom is -0.464 e. The van der Waals surface area contributed by atoms with Crippen molar-refractivity contribution >= 4 is 24.0 Å². The molecular weight excluding hydrogens is 585 g/mol. The molecule has 4 rings (SSSR count).